The van der Waals surface area contributed by atoms with Gasteiger partial charge in [0.2, 0.25) is 11.6 Å². The third-order valence-corrected chi connectivity index (χ3v) is 0.672. The zero-order chi connectivity index (χ0) is 6.78. The van der Waals surface area contributed by atoms with Gasteiger partial charge in [-0.25, -0.2) is 0 Å². The number of carbonyl (C=O) groups is 1. The average molecular weight is 120 g/mol. The van der Waals surface area contributed by atoms with Gasteiger partial charge in [-0.05, 0) is 6.92 Å². The second-order valence-electron chi connectivity index (χ2n) is 1.60. The molecule has 0 saturated carbocycles. The fourth-order valence-corrected chi connectivity index (χ4v) is 0.150. The Morgan fingerprint density at radius 3 is 2.00 bits per heavy atom. The number of hydrogen-bond donors (Lipinski definition) is 3. The fourth-order valence-electron chi connectivity index (χ4n) is 0.150. The van der Waals surface area contributed by atoms with E-state index in [0.717, 1.165) is 6.92 Å². The highest BCUT2D eigenvalue weighted by molar-refractivity contribution is 5.85. The van der Waals surface area contributed by atoms with Gasteiger partial charge in [-0.15, -0.1) is 0 Å². The van der Waals surface area contributed by atoms with E-state index in [1.807, 2.05) is 0 Å². The van der Waals surface area contributed by atoms with E-state index in [1.54, 1.807) is 0 Å². The van der Waals surface area contributed by atoms with Gasteiger partial charge in [0.25, 0.3) is 0 Å². The Morgan fingerprint density at radius 2 is 2.00 bits per heavy atom. The van der Waals surface area contributed by atoms with Gasteiger partial charge in [0.15, 0.2) is 0 Å². The summed E-state index contributed by atoms with van der Waals surface area (Å²) in [7, 11) is 0. The topological polar surface area (TPSA) is 77.8 Å². The van der Waals surface area contributed by atoms with Gasteiger partial charge in [0, 0.05) is 0 Å². The molecule has 0 fully saturated rings. The molecule has 4 nitrogen and oxygen atoms in total. The minimum absolute atomic E-state index is 0.844. The first-order valence-corrected chi connectivity index (χ1v) is 2.07. The lowest BCUT2D eigenvalue weighted by atomic mass is 10.2. The summed E-state index contributed by atoms with van der Waals surface area (Å²) >= 11 is 0. The van der Waals surface area contributed by atoms with Crippen LogP contribution in [0.1, 0.15) is 6.92 Å². The van der Waals surface area contributed by atoms with E-state index >= 15 is 0 Å². The molecule has 8 heavy (non-hydrogen) atoms. The van der Waals surface area contributed by atoms with Gasteiger partial charge in [-0.3, -0.25) is 4.79 Å². The molecule has 0 aliphatic heterocycles. The Bertz CT molecular complexity index is 90.7. The normalized spacial score (nSPS) is 11.5. The molecule has 0 radical (unpaired) electrons. The second kappa shape index (κ2) is 2.21. The number of carbonyl (C=O) groups excluding carboxylic acids is 1. The van der Waals surface area contributed by atoms with E-state index in [-0.39, 0.29) is 0 Å². The molecule has 0 aliphatic carbocycles. The number of ketones is 1. The van der Waals surface area contributed by atoms with Gasteiger partial charge < -0.3 is 15.3 Å². The second-order valence-corrected chi connectivity index (χ2v) is 1.60. The number of aliphatic hydroxyl groups excluding tert-OH is 1. The van der Waals surface area contributed by atoms with Crippen molar-refractivity contribution < 1.29 is 20.1 Å². The molecule has 0 rings (SSSR count). The maximum Gasteiger partial charge on any atom is 0.223 e. The first kappa shape index (κ1) is 7.55. The predicted octanol–water partition coefficient (Wildman–Crippen LogP) is -1.75. The zero-order valence-electron chi connectivity index (χ0n) is 4.46. The molecule has 0 aliphatic rings. The van der Waals surface area contributed by atoms with Crippen molar-refractivity contribution in [1.82, 2.24) is 0 Å². The van der Waals surface area contributed by atoms with Gasteiger partial charge in [-0.1, -0.05) is 0 Å². The number of rotatable bonds is 2. The van der Waals surface area contributed by atoms with Crippen LogP contribution in [-0.4, -0.2) is 33.5 Å². The molecule has 0 unspecified atom stereocenters. The molecule has 0 aromatic carbocycles. The van der Waals surface area contributed by atoms with Crippen LogP contribution in [0.4, 0.5) is 0 Å². The molecule has 0 heterocycles. The van der Waals surface area contributed by atoms with Gasteiger partial charge in [-0.2, -0.15) is 0 Å². The van der Waals surface area contributed by atoms with Crippen LogP contribution in [0.3, 0.4) is 0 Å². The first-order chi connectivity index (χ1) is 3.48. The van der Waals surface area contributed by atoms with E-state index < -0.39 is 18.2 Å². The number of aliphatic hydroxyl groups is 3. The van der Waals surface area contributed by atoms with E-state index in [4.69, 9.17) is 15.3 Å². The average Bonchev–Trinajstić information content (AvgIpc) is 1.62. The Hall–Kier alpha value is -0.450. The number of Topliss-reactive ketones (excluding diaryl/α,β-unsaturated/α-hetero) is 1. The molecule has 3 N–H and O–H groups in total. The summed E-state index contributed by atoms with van der Waals surface area (Å²) in [5, 5.41) is 24.7. The van der Waals surface area contributed by atoms with Crippen molar-refractivity contribution in [2.75, 3.05) is 6.61 Å². The molecule has 0 spiro atoms. The molecular formula is C4H8O4. The molecule has 0 aromatic heterocycles. The van der Waals surface area contributed by atoms with E-state index in [0.29, 0.717) is 0 Å². The van der Waals surface area contributed by atoms with Crippen molar-refractivity contribution >= 4 is 5.78 Å². The van der Waals surface area contributed by atoms with Crippen LogP contribution in [-0.2, 0) is 4.79 Å². The summed E-state index contributed by atoms with van der Waals surface area (Å²) in [6.07, 6.45) is 0. The van der Waals surface area contributed by atoms with Crippen LogP contribution in [0.15, 0.2) is 0 Å². The van der Waals surface area contributed by atoms with Crippen molar-refractivity contribution in [2.45, 2.75) is 12.7 Å². The van der Waals surface area contributed by atoms with E-state index in [1.165, 1.54) is 0 Å². The molecule has 0 aromatic rings. The highest BCUT2D eigenvalue weighted by Gasteiger charge is 2.24. The Labute approximate surface area is 46.4 Å². The molecular weight excluding hydrogens is 112 g/mol. The maximum atomic E-state index is 10.1. The Balaban J connectivity index is 3.82. The maximum absolute atomic E-state index is 10.1. The first-order valence-electron chi connectivity index (χ1n) is 2.07. The zero-order valence-corrected chi connectivity index (χ0v) is 4.46. The quantitative estimate of drug-likeness (QED) is 0.377. The third kappa shape index (κ3) is 2.02. The van der Waals surface area contributed by atoms with Crippen LogP contribution in [0.25, 0.3) is 0 Å². The van der Waals surface area contributed by atoms with Gasteiger partial charge >= 0.3 is 0 Å². The summed E-state index contributed by atoms with van der Waals surface area (Å²) in [6, 6.07) is 0. The van der Waals surface area contributed by atoms with Crippen LogP contribution >= 0.6 is 0 Å². The SMILES string of the molecule is CC(O)(O)C(=O)CO. The highest BCUT2D eigenvalue weighted by atomic mass is 16.5. The van der Waals surface area contributed by atoms with Crippen molar-refractivity contribution in [3.63, 3.8) is 0 Å². The van der Waals surface area contributed by atoms with Crippen LogP contribution in [0.2, 0.25) is 0 Å². The number of hydrogen-bond acceptors (Lipinski definition) is 4. The largest absolute Gasteiger partial charge is 0.388 e. The monoisotopic (exact) mass is 120 g/mol. The standard InChI is InChI=1S/C4H8O4/c1-4(7,8)3(6)2-5/h5,7-8H,2H2,1H3. The van der Waals surface area contributed by atoms with Crippen molar-refractivity contribution in [3.05, 3.63) is 0 Å². The summed E-state index contributed by atoms with van der Waals surface area (Å²) < 4.78 is 0. The fraction of sp³-hybridized carbons (Fsp3) is 0.750. The highest BCUT2D eigenvalue weighted by Crippen LogP contribution is 1.95. The van der Waals surface area contributed by atoms with Gasteiger partial charge in [0.05, 0.1) is 0 Å². The minimum atomic E-state index is -2.38. The predicted molar refractivity (Wildman–Crippen MR) is 24.9 cm³/mol. The van der Waals surface area contributed by atoms with Crippen molar-refractivity contribution in [2.24, 2.45) is 0 Å². The van der Waals surface area contributed by atoms with E-state index in [2.05, 4.69) is 0 Å². The summed E-state index contributed by atoms with van der Waals surface area (Å²) in [5.74, 6) is -3.38. The Kier molecular flexibility index (Phi) is 2.09. The van der Waals surface area contributed by atoms with E-state index in [9.17, 15) is 4.79 Å². The van der Waals surface area contributed by atoms with Crippen molar-refractivity contribution in [3.8, 4) is 0 Å². The lowest BCUT2D eigenvalue weighted by Crippen LogP contribution is -2.36. The molecule has 0 amide bonds. The van der Waals surface area contributed by atoms with Gasteiger partial charge in [0.1, 0.15) is 6.61 Å². The minimum Gasteiger partial charge on any atom is -0.388 e. The van der Waals surface area contributed by atoms with Crippen molar-refractivity contribution in [1.29, 1.82) is 0 Å². The smallest absolute Gasteiger partial charge is 0.223 e. The van der Waals surface area contributed by atoms with Crippen LogP contribution < -0.4 is 0 Å². The Morgan fingerprint density at radius 1 is 1.62 bits per heavy atom. The molecule has 4 heteroatoms. The summed E-state index contributed by atoms with van der Waals surface area (Å²) in [4.78, 5) is 10.1. The van der Waals surface area contributed by atoms with Crippen LogP contribution in [0.5, 0.6) is 0 Å². The summed E-state index contributed by atoms with van der Waals surface area (Å²) in [6.45, 7) is 0.0506. The molecule has 48 valence electrons. The molecule has 0 atom stereocenters. The molecule has 0 saturated heterocycles. The van der Waals surface area contributed by atoms with Crippen LogP contribution in [0, 0.1) is 0 Å². The summed E-state index contributed by atoms with van der Waals surface area (Å²) in [5.41, 5.74) is 0. The lowest BCUT2D eigenvalue weighted by Gasteiger charge is -2.10. The third-order valence-electron chi connectivity index (χ3n) is 0.672. The lowest BCUT2D eigenvalue weighted by molar-refractivity contribution is -0.178. The molecule has 0 bridgehead atoms.